The summed E-state index contributed by atoms with van der Waals surface area (Å²) in [5.41, 5.74) is 1.41. The Kier molecular flexibility index (Phi) is 4.66. The van der Waals surface area contributed by atoms with Crippen molar-refractivity contribution in [3.63, 3.8) is 0 Å². The molecule has 0 atom stereocenters. The Morgan fingerprint density at radius 3 is 2.65 bits per heavy atom. The SMILES string of the molecule is COc1ccc(C)cc1C(=O)CNCC(=O)O. The zero-order valence-corrected chi connectivity index (χ0v) is 9.82. The number of ether oxygens (including phenoxy) is 1. The van der Waals surface area contributed by atoms with Crippen LogP contribution in [0.25, 0.3) is 0 Å². The Hall–Kier alpha value is -1.88. The van der Waals surface area contributed by atoms with Gasteiger partial charge in [-0.3, -0.25) is 14.9 Å². The summed E-state index contributed by atoms with van der Waals surface area (Å²) in [6, 6.07) is 5.30. The summed E-state index contributed by atoms with van der Waals surface area (Å²) in [6.07, 6.45) is 0. The first kappa shape index (κ1) is 13.2. The first-order valence-corrected chi connectivity index (χ1v) is 5.15. The summed E-state index contributed by atoms with van der Waals surface area (Å²) in [7, 11) is 1.49. The van der Waals surface area contributed by atoms with Gasteiger partial charge < -0.3 is 9.84 Å². The van der Waals surface area contributed by atoms with Gasteiger partial charge in [-0.05, 0) is 19.1 Å². The molecule has 0 saturated heterocycles. The van der Waals surface area contributed by atoms with Gasteiger partial charge in [-0.2, -0.15) is 0 Å². The molecular weight excluding hydrogens is 222 g/mol. The third-order valence-electron chi connectivity index (χ3n) is 2.22. The van der Waals surface area contributed by atoms with Gasteiger partial charge in [-0.15, -0.1) is 0 Å². The van der Waals surface area contributed by atoms with E-state index in [0.717, 1.165) is 5.56 Å². The van der Waals surface area contributed by atoms with Crippen LogP contribution in [-0.4, -0.2) is 37.1 Å². The highest BCUT2D eigenvalue weighted by molar-refractivity contribution is 6.00. The third kappa shape index (κ3) is 3.88. The number of nitrogens with one attached hydrogen (secondary N) is 1. The van der Waals surface area contributed by atoms with Crippen LogP contribution in [0, 0.1) is 6.92 Å². The Balaban J connectivity index is 2.73. The molecule has 1 rings (SSSR count). The fourth-order valence-corrected chi connectivity index (χ4v) is 1.42. The second-order valence-corrected chi connectivity index (χ2v) is 3.62. The van der Waals surface area contributed by atoms with Crippen LogP contribution in [0.2, 0.25) is 0 Å². The molecule has 0 unspecified atom stereocenters. The number of hydrogen-bond acceptors (Lipinski definition) is 4. The Labute approximate surface area is 99.4 Å². The van der Waals surface area contributed by atoms with Gasteiger partial charge in [-0.1, -0.05) is 11.6 Å². The van der Waals surface area contributed by atoms with E-state index in [9.17, 15) is 9.59 Å². The maximum atomic E-state index is 11.8. The molecule has 1 aromatic carbocycles. The monoisotopic (exact) mass is 237 g/mol. The van der Waals surface area contributed by atoms with Crippen molar-refractivity contribution in [2.75, 3.05) is 20.2 Å². The normalized spacial score (nSPS) is 10.0. The molecule has 0 aliphatic rings. The standard InChI is InChI=1S/C12H15NO4/c1-8-3-4-11(17-2)9(5-8)10(14)6-13-7-12(15)16/h3-5,13H,6-7H2,1-2H3,(H,15,16). The number of ketones is 1. The number of Topliss-reactive ketones (excluding diaryl/α,β-unsaturated/α-hetero) is 1. The highest BCUT2D eigenvalue weighted by Crippen LogP contribution is 2.19. The average Bonchev–Trinajstić information content (AvgIpc) is 2.28. The lowest BCUT2D eigenvalue weighted by atomic mass is 10.1. The van der Waals surface area contributed by atoms with E-state index in [1.165, 1.54) is 7.11 Å². The van der Waals surface area contributed by atoms with Gasteiger partial charge in [0.05, 0.1) is 25.8 Å². The first-order valence-electron chi connectivity index (χ1n) is 5.15. The molecule has 0 aliphatic heterocycles. The van der Waals surface area contributed by atoms with Crippen LogP contribution < -0.4 is 10.1 Å². The minimum absolute atomic E-state index is 0.0217. The minimum Gasteiger partial charge on any atom is -0.496 e. The van der Waals surface area contributed by atoms with Gasteiger partial charge in [0.15, 0.2) is 5.78 Å². The van der Waals surface area contributed by atoms with Crippen molar-refractivity contribution in [2.24, 2.45) is 0 Å². The number of aryl methyl sites for hydroxylation is 1. The fourth-order valence-electron chi connectivity index (χ4n) is 1.42. The van der Waals surface area contributed by atoms with E-state index in [1.54, 1.807) is 12.1 Å². The molecule has 5 heteroatoms. The zero-order chi connectivity index (χ0) is 12.8. The van der Waals surface area contributed by atoms with Gasteiger partial charge in [0.2, 0.25) is 0 Å². The van der Waals surface area contributed by atoms with Crippen molar-refractivity contribution in [3.8, 4) is 5.75 Å². The summed E-state index contributed by atoms with van der Waals surface area (Å²) in [5, 5.41) is 11.0. The van der Waals surface area contributed by atoms with Crippen LogP contribution in [0.1, 0.15) is 15.9 Å². The summed E-state index contributed by atoms with van der Waals surface area (Å²) in [4.78, 5) is 22.1. The molecule has 1 aromatic rings. The molecule has 5 nitrogen and oxygen atoms in total. The lowest BCUT2D eigenvalue weighted by Crippen LogP contribution is -2.28. The molecule has 0 saturated carbocycles. The fraction of sp³-hybridized carbons (Fsp3) is 0.333. The largest absolute Gasteiger partial charge is 0.496 e. The number of aliphatic carboxylic acids is 1. The molecule has 0 bridgehead atoms. The number of benzene rings is 1. The maximum Gasteiger partial charge on any atom is 0.317 e. The number of carbonyl (C=O) groups excluding carboxylic acids is 1. The summed E-state index contributed by atoms with van der Waals surface area (Å²) < 4.78 is 5.08. The van der Waals surface area contributed by atoms with E-state index in [2.05, 4.69) is 5.32 Å². The van der Waals surface area contributed by atoms with Crippen LogP contribution in [0.15, 0.2) is 18.2 Å². The van der Waals surface area contributed by atoms with Gasteiger partial charge in [0.1, 0.15) is 5.75 Å². The smallest absolute Gasteiger partial charge is 0.317 e. The maximum absolute atomic E-state index is 11.8. The van der Waals surface area contributed by atoms with E-state index in [-0.39, 0.29) is 18.9 Å². The molecule has 0 amide bonds. The minimum atomic E-state index is -0.992. The predicted molar refractivity (Wildman–Crippen MR) is 62.6 cm³/mol. The number of rotatable bonds is 6. The molecule has 0 aliphatic carbocycles. The van der Waals surface area contributed by atoms with E-state index >= 15 is 0 Å². The predicted octanol–water partition coefficient (Wildman–Crippen LogP) is 0.861. The van der Waals surface area contributed by atoms with Crippen molar-refractivity contribution in [1.82, 2.24) is 5.32 Å². The van der Waals surface area contributed by atoms with Crippen molar-refractivity contribution >= 4 is 11.8 Å². The molecule has 0 heterocycles. The highest BCUT2D eigenvalue weighted by atomic mass is 16.5. The number of carboxylic acids is 1. The average molecular weight is 237 g/mol. The van der Waals surface area contributed by atoms with Crippen molar-refractivity contribution in [1.29, 1.82) is 0 Å². The summed E-state index contributed by atoms with van der Waals surface area (Å²) in [6.45, 7) is 1.62. The molecule has 2 N–H and O–H groups in total. The van der Waals surface area contributed by atoms with E-state index in [0.29, 0.717) is 11.3 Å². The number of hydrogen-bond donors (Lipinski definition) is 2. The molecule has 17 heavy (non-hydrogen) atoms. The van der Waals surface area contributed by atoms with Gasteiger partial charge in [-0.25, -0.2) is 0 Å². The number of carboxylic acid groups (broad SMARTS) is 1. The number of methoxy groups -OCH3 is 1. The molecule has 0 fully saturated rings. The highest BCUT2D eigenvalue weighted by Gasteiger charge is 2.12. The Bertz CT molecular complexity index is 429. The molecule has 92 valence electrons. The lowest BCUT2D eigenvalue weighted by molar-refractivity contribution is -0.135. The van der Waals surface area contributed by atoms with Crippen LogP contribution in [0.4, 0.5) is 0 Å². The second kappa shape index (κ2) is 6.00. The summed E-state index contributed by atoms with van der Waals surface area (Å²) >= 11 is 0. The topological polar surface area (TPSA) is 75.6 Å². The quantitative estimate of drug-likeness (QED) is 0.718. The Morgan fingerprint density at radius 1 is 1.35 bits per heavy atom. The van der Waals surface area contributed by atoms with Gasteiger partial charge >= 0.3 is 5.97 Å². The van der Waals surface area contributed by atoms with Gasteiger partial charge in [0, 0.05) is 0 Å². The van der Waals surface area contributed by atoms with Crippen LogP contribution in [0.5, 0.6) is 5.75 Å². The van der Waals surface area contributed by atoms with Crippen molar-refractivity contribution < 1.29 is 19.4 Å². The van der Waals surface area contributed by atoms with Crippen LogP contribution in [-0.2, 0) is 4.79 Å². The zero-order valence-electron chi connectivity index (χ0n) is 9.82. The van der Waals surface area contributed by atoms with Crippen LogP contribution in [0.3, 0.4) is 0 Å². The van der Waals surface area contributed by atoms with Crippen molar-refractivity contribution in [2.45, 2.75) is 6.92 Å². The molecule has 0 radical (unpaired) electrons. The second-order valence-electron chi connectivity index (χ2n) is 3.62. The third-order valence-corrected chi connectivity index (χ3v) is 2.22. The summed E-state index contributed by atoms with van der Waals surface area (Å²) in [5.74, 6) is -0.682. The number of carbonyl (C=O) groups is 2. The van der Waals surface area contributed by atoms with Crippen molar-refractivity contribution in [3.05, 3.63) is 29.3 Å². The van der Waals surface area contributed by atoms with E-state index < -0.39 is 5.97 Å². The molecule has 0 aromatic heterocycles. The Morgan fingerprint density at radius 2 is 2.06 bits per heavy atom. The van der Waals surface area contributed by atoms with Crippen LogP contribution >= 0.6 is 0 Å². The van der Waals surface area contributed by atoms with Gasteiger partial charge in [0.25, 0.3) is 0 Å². The lowest BCUT2D eigenvalue weighted by Gasteiger charge is -2.08. The first-order chi connectivity index (χ1) is 8.04. The molecule has 0 spiro atoms. The van der Waals surface area contributed by atoms with E-state index in [1.807, 2.05) is 13.0 Å². The van der Waals surface area contributed by atoms with E-state index in [4.69, 9.17) is 9.84 Å². The molecular formula is C12H15NO4.